The molecular formula is C13H22N2S. The van der Waals surface area contributed by atoms with Crippen molar-refractivity contribution in [3.05, 3.63) is 22.4 Å². The van der Waals surface area contributed by atoms with Crippen molar-refractivity contribution in [3.8, 4) is 0 Å². The second kappa shape index (κ2) is 5.30. The normalized spacial score (nSPS) is 26.8. The zero-order chi connectivity index (χ0) is 11.5. The van der Waals surface area contributed by atoms with Gasteiger partial charge in [0.25, 0.3) is 0 Å². The molecule has 0 bridgehead atoms. The predicted molar refractivity (Wildman–Crippen MR) is 70.8 cm³/mol. The molecule has 0 aliphatic carbocycles. The zero-order valence-corrected chi connectivity index (χ0v) is 11.3. The van der Waals surface area contributed by atoms with Crippen LogP contribution in [0.1, 0.15) is 26.3 Å². The van der Waals surface area contributed by atoms with E-state index in [0.717, 1.165) is 12.5 Å². The summed E-state index contributed by atoms with van der Waals surface area (Å²) in [5.74, 6) is 0.765. The Balaban J connectivity index is 1.82. The lowest BCUT2D eigenvalue weighted by Crippen LogP contribution is -2.36. The largest absolute Gasteiger partial charge is 0.308 e. The molecule has 0 amide bonds. The average Bonchev–Trinajstić information content (AvgIpc) is 2.84. The van der Waals surface area contributed by atoms with E-state index in [-0.39, 0.29) is 0 Å². The van der Waals surface area contributed by atoms with Crippen LogP contribution >= 0.6 is 11.3 Å². The van der Waals surface area contributed by atoms with Gasteiger partial charge in [-0.05, 0) is 42.2 Å². The lowest BCUT2D eigenvalue weighted by atomic mass is 10.1. The van der Waals surface area contributed by atoms with Crippen LogP contribution in [-0.4, -0.2) is 30.1 Å². The van der Waals surface area contributed by atoms with Crippen molar-refractivity contribution < 1.29 is 0 Å². The molecule has 2 nitrogen and oxygen atoms in total. The molecule has 16 heavy (non-hydrogen) atoms. The maximum absolute atomic E-state index is 3.68. The van der Waals surface area contributed by atoms with Gasteiger partial charge in [0, 0.05) is 31.7 Å². The van der Waals surface area contributed by atoms with Gasteiger partial charge in [-0.1, -0.05) is 6.92 Å². The highest BCUT2D eigenvalue weighted by atomic mass is 32.1. The fourth-order valence-corrected chi connectivity index (χ4v) is 3.00. The van der Waals surface area contributed by atoms with Crippen LogP contribution in [0.4, 0.5) is 0 Å². The van der Waals surface area contributed by atoms with Gasteiger partial charge in [-0.25, -0.2) is 0 Å². The van der Waals surface area contributed by atoms with Gasteiger partial charge in [0.1, 0.15) is 0 Å². The van der Waals surface area contributed by atoms with Gasteiger partial charge in [0.2, 0.25) is 0 Å². The molecule has 0 spiro atoms. The third-order valence-corrected chi connectivity index (χ3v) is 4.25. The highest BCUT2D eigenvalue weighted by Gasteiger charge is 2.30. The highest BCUT2D eigenvalue weighted by Crippen LogP contribution is 2.19. The maximum atomic E-state index is 3.68. The summed E-state index contributed by atoms with van der Waals surface area (Å²) in [6.07, 6.45) is 0. The molecule has 1 saturated heterocycles. The third-order valence-electron chi connectivity index (χ3n) is 3.52. The van der Waals surface area contributed by atoms with E-state index < -0.39 is 0 Å². The van der Waals surface area contributed by atoms with Gasteiger partial charge in [-0.15, -0.1) is 0 Å². The number of nitrogens with zero attached hydrogens (tertiary/aromatic N) is 1. The third kappa shape index (κ3) is 2.84. The second-order valence-corrected chi connectivity index (χ2v) is 5.92. The topological polar surface area (TPSA) is 15.3 Å². The molecule has 1 aliphatic heterocycles. The average molecular weight is 238 g/mol. The smallest absolute Gasteiger partial charge is 0.0236 e. The summed E-state index contributed by atoms with van der Waals surface area (Å²) >= 11 is 1.78. The van der Waals surface area contributed by atoms with Crippen LogP contribution in [-0.2, 0) is 6.54 Å². The van der Waals surface area contributed by atoms with Crippen molar-refractivity contribution in [2.24, 2.45) is 5.92 Å². The maximum Gasteiger partial charge on any atom is 0.0236 e. The van der Waals surface area contributed by atoms with E-state index in [2.05, 4.69) is 47.8 Å². The number of thiophene rings is 1. The van der Waals surface area contributed by atoms with Gasteiger partial charge in [-0.3, -0.25) is 4.90 Å². The summed E-state index contributed by atoms with van der Waals surface area (Å²) in [7, 11) is 0. The van der Waals surface area contributed by atoms with Crippen LogP contribution in [0.3, 0.4) is 0 Å². The summed E-state index contributed by atoms with van der Waals surface area (Å²) in [6.45, 7) is 10.4. The number of rotatable bonds is 4. The van der Waals surface area contributed by atoms with Crippen LogP contribution in [0, 0.1) is 5.92 Å². The summed E-state index contributed by atoms with van der Waals surface area (Å²) in [6, 6.07) is 3.54. The molecule has 0 radical (unpaired) electrons. The first-order valence-electron chi connectivity index (χ1n) is 6.15. The minimum Gasteiger partial charge on any atom is -0.308 e. The molecule has 0 saturated carbocycles. The Morgan fingerprint density at radius 2 is 2.31 bits per heavy atom. The lowest BCUT2D eigenvalue weighted by Gasteiger charge is -2.20. The Bertz CT molecular complexity index is 308. The quantitative estimate of drug-likeness (QED) is 0.867. The summed E-state index contributed by atoms with van der Waals surface area (Å²) < 4.78 is 0. The van der Waals surface area contributed by atoms with Crippen molar-refractivity contribution in [2.45, 2.75) is 39.4 Å². The summed E-state index contributed by atoms with van der Waals surface area (Å²) in [5.41, 5.74) is 1.42. The van der Waals surface area contributed by atoms with Crippen LogP contribution in [0.2, 0.25) is 0 Å². The van der Waals surface area contributed by atoms with Gasteiger partial charge < -0.3 is 5.32 Å². The first-order chi connectivity index (χ1) is 7.66. The molecular weight excluding hydrogens is 216 g/mol. The van der Waals surface area contributed by atoms with E-state index in [1.165, 1.54) is 18.7 Å². The molecule has 1 aromatic rings. The van der Waals surface area contributed by atoms with Gasteiger partial charge >= 0.3 is 0 Å². The monoisotopic (exact) mass is 238 g/mol. The number of hydrogen-bond acceptors (Lipinski definition) is 3. The fraction of sp³-hybridized carbons (Fsp3) is 0.692. The summed E-state index contributed by atoms with van der Waals surface area (Å²) in [5, 5.41) is 8.06. The number of hydrogen-bond donors (Lipinski definition) is 1. The minimum absolute atomic E-state index is 0.655. The van der Waals surface area contributed by atoms with E-state index >= 15 is 0 Å². The van der Waals surface area contributed by atoms with Crippen LogP contribution in [0.5, 0.6) is 0 Å². The zero-order valence-electron chi connectivity index (χ0n) is 10.4. The highest BCUT2D eigenvalue weighted by molar-refractivity contribution is 7.07. The van der Waals surface area contributed by atoms with Crippen LogP contribution < -0.4 is 5.32 Å². The van der Waals surface area contributed by atoms with Gasteiger partial charge in [-0.2, -0.15) is 11.3 Å². The molecule has 2 rings (SSSR count). The molecule has 2 unspecified atom stereocenters. The Morgan fingerprint density at radius 3 is 2.88 bits per heavy atom. The molecule has 2 atom stereocenters. The SMILES string of the molecule is CC1CN(C(C)C)CC1NCc1ccsc1. The standard InChI is InChI=1S/C13H22N2S/c1-10(2)15-7-11(3)13(8-15)14-6-12-4-5-16-9-12/h4-5,9-11,13-14H,6-8H2,1-3H3. The van der Waals surface area contributed by atoms with E-state index in [9.17, 15) is 0 Å². The van der Waals surface area contributed by atoms with Crippen molar-refractivity contribution in [1.82, 2.24) is 10.2 Å². The van der Waals surface area contributed by atoms with Gasteiger partial charge in [0.05, 0.1) is 0 Å². The van der Waals surface area contributed by atoms with E-state index in [1.807, 2.05) is 0 Å². The van der Waals surface area contributed by atoms with Crippen LogP contribution in [0.25, 0.3) is 0 Å². The molecule has 1 N–H and O–H groups in total. The Labute approximate surface area is 103 Å². The fourth-order valence-electron chi connectivity index (χ4n) is 2.33. The Hall–Kier alpha value is -0.380. The molecule has 1 fully saturated rings. The van der Waals surface area contributed by atoms with Crippen molar-refractivity contribution in [1.29, 1.82) is 0 Å². The Morgan fingerprint density at radius 1 is 1.50 bits per heavy atom. The van der Waals surface area contributed by atoms with Crippen molar-refractivity contribution in [3.63, 3.8) is 0 Å². The Kier molecular flexibility index (Phi) is 4.00. The molecule has 3 heteroatoms. The predicted octanol–water partition coefficient (Wildman–Crippen LogP) is 2.57. The van der Waals surface area contributed by atoms with Gasteiger partial charge in [0.15, 0.2) is 0 Å². The second-order valence-electron chi connectivity index (χ2n) is 5.14. The first-order valence-corrected chi connectivity index (χ1v) is 7.09. The first kappa shape index (κ1) is 12.1. The molecule has 1 aliphatic rings. The van der Waals surface area contributed by atoms with Crippen molar-refractivity contribution in [2.75, 3.05) is 13.1 Å². The minimum atomic E-state index is 0.655. The molecule has 2 heterocycles. The summed E-state index contributed by atoms with van der Waals surface area (Å²) in [4.78, 5) is 2.57. The van der Waals surface area contributed by atoms with E-state index in [1.54, 1.807) is 11.3 Å². The lowest BCUT2D eigenvalue weighted by molar-refractivity contribution is 0.264. The number of likely N-dealkylation sites (tertiary alicyclic amines) is 1. The van der Waals surface area contributed by atoms with E-state index in [4.69, 9.17) is 0 Å². The number of nitrogens with one attached hydrogen (secondary N) is 1. The van der Waals surface area contributed by atoms with Crippen molar-refractivity contribution >= 4 is 11.3 Å². The molecule has 90 valence electrons. The molecule has 1 aromatic heterocycles. The molecule has 0 aromatic carbocycles. The van der Waals surface area contributed by atoms with E-state index in [0.29, 0.717) is 12.1 Å². The van der Waals surface area contributed by atoms with Crippen LogP contribution in [0.15, 0.2) is 16.8 Å².